The molecule has 0 unspecified atom stereocenters. The molecule has 0 atom stereocenters. The number of nitrogens with one attached hydrogen (secondary N) is 1. The Morgan fingerprint density at radius 1 is 1.29 bits per heavy atom. The molecular weight excluding hydrogens is 202 g/mol. The molecule has 14 heavy (non-hydrogen) atoms. The first-order valence-corrected chi connectivity index (χ1v) is 5.42. The van der Waals surface area contributed by atoms with Crippen molar-refractivity contribution in [1.82, 2.24) is 5.32 Å². The van der Waals surface area contributed by atoms with Crippen LogP contribution in [0.4, 0.5) is 0 Å². The molecule has 0 aliphatic carbocycles. The van der Waals surface area contributed by atoms with Crippen LogP contribution in [-0.4, -0.2) is 21.4 Å². The topological polar surface area (TPSA) is 63.2 Å². The van der Waals surface area contributed by atoms with Crippen LogP contribution < -0.4 is 5.32 Å². The van der Waals surface area contributed by atoms with E-state index in [0.717, 1.165) is 0 Å². The van der Waals surface area contributed by atoms with Gasteiger partial charge in [0.05, 0.1) is 5.75 Å². The van der Waals surface area contributed by atoms with Crippen molar-refractivity contribution in [2.24, 2.45) is 0 Å². The highest BCUT2D eigenvalue weighted by Gasteiger charge is 2.02. The van der Waals surface area contributed by atoms with Crippen molar-refractivity contribution < 1.29 is 13.2 Å². The number of benzene rings is 1. The number of carbonyl (C=O) groups excluding carboxylic acids is 1. The van der Waals surface area contributed by atoms with E-state index in [2.05, 4.69) is 5.32 Å². The lowest BCUT2D eigenvalue weighted by atomic mass is 10.1. The molecule has 0 aliphatic heterocycles. The first kappa shape index (κ1) is 10.7. The molecule has 1 rings (SSSR count). The Kier molecular flexibility index (Phi) is 3.64. The minimum Gasteiger partial charge on any atom is -0.355 e. The molecule has 1 amide bonds. The predicted octanol–water partition coefficient (Wildman–Crippen LogP) is 0.158. The molecule has 0 aliphatic rings. The van der Waals surface area contributed by atoms with E-state index >= 15 is 0 Å². The zero-order valence-electron chi connectivity index (χ0n) is 7.69. The predicted molar refractivity (Wildman–Crippen MR) is 53.9 cm³/mol. The third-order valence-corrected chi connectivity index (χ3v) is 2.38. The summed E-state index contributed by atoms with van der Waals surface area (Å²) in [6, 6.07) is 6.48. The monoisotopic (exact) mass is 213 g/mol. The van der Waals surface area contributed by atoms with E-state index in [4.69, 9.17) is 0 Å². The van der Waals surface area contributed by atoms with Crippen LogP contribution in [0.5, 0.6) is 0 Å². The van der Waals surface area contributed by atoms with Gasteiger partial charge in [-0.3, -0.25) is 4.79 Å². The van der Waals surface area contributed by atoms with Gasteiger partial charge in [-0.2, -0.15) is 0 Å². The van der Waals surface area contributed by atoms with E-state index < -0.39 is 10.7 Å². The molecule has 1 aromatic rings. The molecule has 0 saturated carbocycles. The van der Waals surface area contributed by atoms with Crippen LogP contribution in [0, 0.1) is 0 Å². The number of hydrogen-bond acceptors (Lipinski definition) is 3. The molecule has 0 bridgehead atoms. The number of hydrogen-bond donors (Lipinski definition) is 2. The van der Waals surface area contributed by atoms with Crippen molar-refractivity contribution in [3.63, 3.8) is 0 Å². The highest BCUT2D eigenvalue weighted by Crippen LogP contribution is 2.05. The van der Waals surface area contributed by atoms with Gasteiger partial charge in [-0.15, -0.1) is 0 Å². The summed E-state index contributed by atoms with van der Waals surface area (Å²) in [6.07, 6.45) is 0. The lowest BCUT2D eigenvalue weighted by molar-refractivity contribution is 0.0963. The summed E-state index contributed by atoms with van der Waals surface area (Å²) >= 11 is 0. The van der Waals surface area contributed by atoms with E-state index in [1.54, 1.807) is 31.3 Å². The molecular formula is C9H11NO3S. The van der Waals surface area contributed by atoms with Crippen LogP contribution in [0.1, 0.15) is 15.9 Å². The molecule has 1 N–H and O–H groups in total. The second-order valence-corrected chi connectivity index (χ2v) is 3.75. The molecule has 0 fully saturated rings. The van der Waals surface area contributed by atoms with Crippen molar-refractivity contribution in [2.45, 2.75) is 5.75 Å². The SMILES string of the molecule is CNC(=O)c1ccc(C[SH](=O)=O)cc1. The van der Waals surface area contributed by atoms with Gasteiger partial charge in [0.15, 0.2) is 0 Å². The van der Waals surface area contributed by atoms with Gasteiger partial charge in [-0.25, -0.2) is 8.42 Å². The molecule has 0 heterocycles. The summed E-state index contributed by atoms with van der Waals surface area (Å²) in [5.74, 6) is -0.161. The standard InChI is InChI=1S/C9H11NO3S/c1-10-9(11)8-4-2-7(3-5-8)6-14(12)13/h2-5,14H,6H2,1H3,(H,10,11). The first-order valence-electron chi connectivity index (χ1n) is 4.06. The largest absolute Gasteiger partial charge is 0.355 e. The van der Waals surface area contributed by atoms with Crippen LogP contribution in [0.25, 0.3) is 0 Å². The third-order valence-electron chi connectivity index (χ3n) is 1.75. The highest BCUT2D eigenvalue weighted by molar-refractivity contribution is 7.71. The Bertz CT molecular complexity index is 387. The van der Waals surface area contributed by atoms with Crippen molar-refractivity contribution in [3.8, 4) is 0 Å². The minimum absolute atomic E-state index is 0.0172. The van der Waals surface area contributed by atoms with Crippen LogP contribution in [0.15, 0.2) is 24.3 Å². The van der Waals surface area contributed by atoms with Gasteiger partial charge >= 0.3 is 0 Å². The fourth-order valence-electron chi connectivity index (χ4n) is 1.05. The number of rotatable bonds is 3. The fraction of sp³-hybridized carbons (Fsp3) is 0.222. The van der Waals surface area contributed by atoms with Crippen molar-refractivity contribution >= 4 is 16.6 Å². The summed E-state index contributed by atoms with van der Waals surface area (Å²) in [6.45, 7) is 0. The maximum absolute atomic E-state index is 11.1. The summed E-state index contributed by atoms with van der Waals surface area (Å²) in [7, 11) is -0.859. The van der Waals surface area contributed by atoms with E-state index in [1.807, 2.05) is 0 Å². The summed E-state index contributed by atoms with van der Waals surface area (Å²) in [4.78, 5) is 11.1. The summed E-state index contributed by atoms with van der Waals surface area (Å²) < 4.78 is 20.8. The Hall–Kier alpha value is -1.36. The average Bonchev–Trinajstić information content (AvgIpc) is 2.17. The Labute approximate surface area is 83.9 Å². The molecule has 0 saturated heterocycles. The maximum Gasteiger partial charge on any atom is 0.251 e. The molecule has 5 heteroatoms. The quantitative estimate of drug-likeness (QED) is 0.703. The van der Waals surface area contributed by atoms with Gasteiger partial charge in [-0.1, -0.05) is 12.1 Å². The third kappa shape index (κ3) is 2.85. The van der Waals surface area contributed by atoms with Crippen molar-refractivity contribution in [1.29, 1.82) is 0 Å². The molecule has 76 valence electrons. The fourth-order valence-corrected chi connectivity index (χ4v) is 1.56. The van der Waals surface area contributed by atoms with Crippen LogP contribution in [0.3, 0.4) is 0 Å². The smallest absolute Gasteiger partial charge is 0.251 e. The molecule has 0 radical (unpaired) electrons. The Morgan fingerprint density at radius 3 is 2.29 bits per heavy atom. The zero-order valence-corrected chi connectivity index (χ0v) is 8.58. The minimum atomic E-state index is -2.41. The van der Waals surface area contributed by atoms with Gasteiger partial charge in [0.1, 0.15) is 10.7 Å². The Balaban J connectivity index is 2.83. The summed E-state index contributed by atoms with van der Waals surface area (Å²) in [5, 5.41) is 2.48. The maximum atomic E-state index is 11.1. The highest BCUT2D eigenvalue weighted by atomic mass is 32.2. The van der Waals surface area contributed by atoms with E-state index in [9.17, 15) is 13.2 Å². The first-order chi connectivity index (χ1) is 6.63. The van der Waals surface area contributed by atoms with E-state index in [0.29, 0.717) is 11.1 Å². The second kappa shape index (κ2) is 4.76. The lowest BCUT2D eigenvalue weighted by Crippen LogP contribution is -2.17. The molecule has 4 nitrogen and oxygen atoms in total. The van der Waals surface area contributed by atoms with E-state index in [-0.39, 0.29) is 11.7 Å². The lowest BCUT2D eigenvalue weighted by Gasteiger charge is -2.00. The van der Waals surface area contributed by atoms with Crippen LogP contribution in [0.2, 0.25) is 0 Å². The van der Waals surface area contributed by atoms with Crippen molar-refractivity contribution in [3.05, 3.63) is 35.4 Å². The van der Waals surface area contributed by atoms with Crippen LogP contribution >= 0.6 is 0 Å². The second-order valence-electron chi connectivity index (χ2n) is 2.77. The number of carbonyl (C=O) groups is 1. The normalized spacial score (nSPS) is 10.1. The molecule has 0 aromatic heterocycles. The van der Waals surface area contributed by atoms with Gasteiger partial charge in [0.2, 0.25) is 0 Å². The summed E-state index contributed by atoms with van der Waals surface area (Å²) in [5.41, 5.74) is 1.21. The van der Waals surface area contributed by atoms with Gasteiger partial charge in [0.25, 0.3) is 5.91 Å². The van der Waals surface area contributed by atoms with Gasteiger partial charge in [-0.05, 0) is 17.7 Å². The molecule has 1 aromatic carbocycles. The number of thiol groups is 1. The van der Waals surface area contributed by atoms with E-state index in [1.165, 1.54) is 0 Å². The van der Waals surface area contributed by atoms with Crippen molar-refractivity contribution in [2.75, 3.05) is 7.05 Å². The van der Waals surface area contributed by atoms with Crippen LogP contribution in [-0.2, 0) is 16.5 Å². The molecule has 0 spiro atoms. The number of amides is 1. The average molecular weight is 213 g/mol. The zero-order chi connectivity index (χ0) is 10.6. The van der Waals surface area contributed by atoms with Gasteiger partial charge in [0, 0.05) is 12.6 Å². The van der Waals surface area contributed by atoms with Gasteiger partial charge < -0.3 is 5.32 Å². The Morgan fingerprint density at radius 2 is 1.86 bits per heavy atom.